The average molecular weight is 373 g/mol. The van der Waals surface area contributed by atoms with Crippen molar-refractivity contribution < 1.29 is 9.16 Å². The number of allylic oxidation sites excluding steroid dienone is 2. The largest absolute Gasteiger partial charge is 0.409 e. The van der Waals surface area contributed by atoms with Crippen molar-refractivity contribution in [3.8, 4) is 0 Å². The van der Waals surface area contributed by atoms with Gasteiger partial charge in [-0.25, -0.2) is 0 Å². The molecule has 0 radical (unpaired) electrons. The highest BCUT2D eigenvalue weighted by atomic mass is 28.4. The van der Waals surface area contributed by atoms with Gasteiger partial charge in [0, 0.05) is 5.41 Å². The summed E-state index contributed by atoms with van der Waals surface area (Å²) in [5.74, 6) is 0. The summed E-state index contributed by atoms with van der Waals surface area (Å²) in [4.78, 5) is 0. The van der Waals surface area contributed by atoms with E-state index in [2.05, 4.69) is 70.4 Å². The maximum absolute atomic E-state index is 6.82. The molecule has 0 saturated carbocycles. The molecule has 1 aromatic carbocycles. The van der Waals surface area contributed by atoms with Crippen LogP contribution in [-0.4, -0.2) is 20.5 Å². The van der Waals surface area contributed by atoms with Gasteiger partial charge in [0.05, 0.1) is 18.8 Å². The van der Waals surface area contributed by atoms with Crippen LogP contribution in [0.4, 0.5) is 0 Å². The molecule has 2 nitrogen and oxygen atoms in total. The van der Waals surface area contributed by atoms with Crippen LogP contribution in [0.2, 0.25) is 19.6 Å². The van der Waals surface area contributed by atoms with Gasteiger partial charge in [0.25, 0.3) is 0 Å². The predicted molar refractivity (Wildman–Crippen MR) is 114 cm³/mol. The molecule has 0 fully saturated rings. The van der Waals surface area contributed by atoms with Crippen molar-refractivity contribution >= 4 is 8.32 Å². The number of ether oxygens (including phenoxy) is 1. The second-order valence-electron chi connectivity index (χ2n) is 8.87. The van der Waals surface area contributed by atoms with Crippen LogP contribution in [-0.2, 0) is 15.8 Å². The molecular formula is C23H36O2Si. The highest BCUT2D eigenvalue weighted by Gasteiger charge is 2.49. The van der Waals surface area contributed by atoms with Crippen molar-refractivity contribution in [3.63, 3.8) is 0 Å². The summed E-state index contributed by atoms with van der Waals surface area (Å²) in [5, 5.41) is 0. The third-order valence-corrected chi connectivity index (χ3v) is 6.60. The van der Waals surface area contributed by atoms with Gasteiger partial charge >= 0.3 is 0 Å². The van der Waals surface area contributed by atoms with Crippen LogP contribution in [0.5, 0.6) is 0 Å². The molecule has 26 heavy (non-hydrogen) atoms. The number of hydrogen-bond donors (Lipinski definition) is 0. The van der Waals surface area contributed by atoms with Crippen molar-refractivity contribution in [2.45, 2.75) is 71.4 Å². The highest BCUT2D eigenvalue weighted by molar-refractivity contribution is 6.69. The van der Waals surface area contributed by atoms with Gasteiger partial charge in [-0.15, -0.1) is 0 Å². The van der Waals surface area contributed by atoms with E-state index in [4.69, 9.17) is 9.16 Å². The van der Waals surface area contributed by atoms with Gasteiger partial charge in [-0.2, -0.15) is 0 Å². The topological polar surface area (TPSA) is 18.5 Å². The van der Waals surface area contributed by atoms with Crippen LogP contribution in [0.15, 0.2) is 54.6 Å². The Bertz CT molecular complexity index is 617. The lowest BCUT2D eigenvalue weighted by molar-refractivity contribution is -0.0920. The van der Waals surface area contributed by atoms with E-state index in [0.29, 0.717) is 13.2 Å². The van der Waals surface area contributed by atoms with Crippen molar-refractivity contribution in [2.75, 3.05) is 6.61 Å². The van der Waals surface area contributed by atoms with E-state index < -0.39 is 8.32 Å². The molecule has 0 aliphatic heterocycles. The molecule has 2 rings (SSSR count). The Balaban J connectivity index is 2.26. The predicted octanol–water partition coefficient (Wildman–Crippen LogP) is 6.51. The first-order valence-corrected chi connectivity index (χ1v) is 13.3. The minimum absolute atomic E-state index is 0.0811. The summed E-state index contributed by atoms with van der Waals surface area (Å²) in [7, 11) is -1.75. The van der Waals surface area contributed by atoms with Crippen molar-refractivity contribution in [1.29, 1.82) is 0 Å². The van der Waals surface area contributed by atoms with Gasteiger partial charge in [-0.05, 0) is 57.0 Å². The van der Waals surface area contributed by atoms with Gasteiger partial charge in [-0.3, -0.25) is 0 Å². The average Bonchev–Trinajstić information content (AvgIpc) is 2.76. The molecule has 144 valence electrons. The smallest absolute Gasteiger partial charge is 0.184 e. The van der Waals surface area contributed by atoms with Crippen molar-refractivity contribution in [1.82, 2.24) is 0 Å². The number of rotatable bonds is 8. The normalized spacial score (nSPS) is 23.7. The zero-order valence-electron chi connectivity index (χ0n) is 17.3. The Morgan fingerprint density at radius 1 is 1.19 bits per heavy atom. The summed E-state index contributed by atoms with van der Waals surface area (Å²) < 4.78 is 13.0. The minimum Gasteiger partial charge on any atom is -0.409 e. The van der Waals surface area contributed by atoms with Gasteiger partial charge < -0.3 is 9.16 Å². The molecule has 0 aromatic heterocycles. The second-order valence-corrected chi connectivity index (χ2v) is 13.3. The lowest BCUT2D eigenvalue weighted by Gasteiger charge is -2.50. The minimum atomic E-state index is -1.75. The zero-order valence-corrected chi connectivity index (χ0v) is 18.3. The standard InChI is InChI=1S/C23H36O2Si/c1-7-21-16-12-9-13-17-22(21,2)23(3,25-26(4,5)6)19-24-18-20-14-10-8-11-15-20/h7-8,10-11,14-16H,1,9,12-13,17-19H2,2-6H3/t22-,23+/m1/s1. The third-order valence-electron chi connectivity index (χ3n) is 5.54. The van der Waals surface area contributed by atoms with Crippen LogP contribution in [0, 0.1) is 5.41 Å². The van der Waals surface area contributed by atoms with E-state index in [0.717, 1.165) is 12.8 Å². The molecule has 2 atom stereocenters. The molecule has 0 bridgehead atoms. The first-order chi connectivity index (χ1) is 12.2. The molecule has 0 unspecified atom stereocenters. The fraction of sp³-hybridized carbons (Fsp3) is 0.565. The fourth-order valence-corrected chi connectivity index (χ4v) is 5.68. The molecule has 0 amide bonds. The maximum atomic E-state index is 6.82. The Kier molecular flexibility index (Phi) is 7.06. The Morgan fingerprint density at radius 3 is 2.50 bits per heavy atom. The molecule has 3 heteroatoms. The lowest BCUT2D eigenvalue weighted by atomic mass is 9.67. The van der Waals surface area contributed by atoms with Crippen molar-refractivity contribution in [2.24, 2.45) is 5.41 Å². The molecule has 0 heterocycles. The van der Waals surface area contributed by atoms with Gasteiger partial charge in [-0.1, -0.05) is 62.4 Å². The fourth-order valence-electron chi connectivity index (χ4n) is 4.04. The third kappa shape index (κ3) is 5.18. The number of benzene rings is 1. The molecule has 0 saturated heterocycles. The highest BCUT2D eigenvalue weighted by Crippen LogP contribution is 2.48. The molecule has 1 aliphatic rings. The first kappa shape index (κ1) is 21.1. The summed E-state index contributed by atoms with van der Waals surface area (Å²) in [5.41, 5.74) is 2.08. The number of hydrogen-bond acceptors (Lipinski definition) is 2. The van der Waals surface area contributed by atoms with Gasteiger partial charge in [0.1, 0.15) is 0 Å². The van der Waals surface area contributed by atoms with Gasteiger partial charge in [0.2, 0.25) is 0 Å². The first-order valence-electron chi connectivity index (χ1n) is 9.85. The van der Waals surface area contributed by atoms with Crippen LogP contribution < -0.4 is 0 Å². The summed E-state index contributed by atoms with van der Waals surface area (Å²) >= 11 is 0. The van der Waals surface area contributed by atoms with Crippen LogP contribution in [0.3, 0.4) is 0 Å². The quantitative estimate of drug-likeness (QED) is 0.484. The van der Waals surface area contributed by atoms with Crippen LogP contribution in [0.25, 0.3) is 0 Å². The maximum Gasteiger partial charge on any atom is 0.184 e. The van der Waals surface area contributed by atoms with Crippen LogP contribution in [0.1, 0.15) is 45.1 Å². The van der Waals surface area contributed by atoms with Gasteiger partial charge in [0.15, 0.2) is 8.32 Å². The monoisotopic (exact) mass is 372 g/mol. The Hall–Kier alpha value is -1.16. The van der Waals surface area contributed by atoms with Crippen molar-refractivity contribution in [3.05, 3.63) is 60.2 Å². The summed E-state index contributed by atoms with van der Waals surface area (Å²) in [6.45, 7) is 16.7. The molecule has 1 aromatic rings. The molecule has 0 spiro atoms. The summed E-state index contributed by atoms with van der Waals surface area (Å²) in [6, 6.07) is 10.4. The van der Waals surface area contributed by atoms with E-state index in [-0.39, 0.29) is 11.0 Å². The van der Waals surface area contributed by atoms with E-state index >= 15 is 0 Å². The molecule has 1 aliphatic carbocycles. The van der Waals surface area contributed by atoms with E-state index in [1.165, 1.54) is 24.0 Å². The zero-order chi connectivity index (χ0) is 19.3. The molecule has 0 N–H and O–H groups in total. The summed E-state index contributed by atoms with van der Waals surface area (Å²) in [6.07, 6.45) is 9.09. The Morgan fingerprint density at radius 2 is 1.88 bits per heavy atom. The SMILES string of the molecule is C=CC1=CCCCC[C@@]1(C)[C@](C)(COCc1ccccc1)O[Si](C)(C)C. The molecular weight excluding hydrogens is 336 g/mol. The van der Waals surface area contributed by atoms with E-state index in [1.54, 1.807) is 0 Å². The lowest BCUT2D eigenvalue weighted by Crippen LogP contribution is -2.55. The van der Waals surface area contributed by atoms with Crippen LogP contribution >= 0.6 is 0 Å². The second kappa shape index (κ2) is 8.68. The van der Waals surface area contributed by atoms with E-state index in [9.17, 15) is 0 Å². The Labute approximate surface area is 161 Å². The van der Waals surface area contributed by atoms with E-state index in [1.807, 2.05) is 12.1 Å².